The third-order valence-corrected chi connectivity index (χ3v) is 6.55. The van der Waals surface area contributed by atoms with Crippen LogP contribution in [-0.2, 0) is 4.74 Å². The third-order valence-electron chi connectivity index (χ3n) is 6.55. The van der Waals surface area contributed by atoms with E-state index >= 15 is 0 Å². The van der Waals surface area contributed by atoms with Gasteiger partial charge in [0, 0.05) is 49.2 Å². The number of carbonyl (C=O) groups is 1. The van der Waals surface area contributed by atoms with Crippen molar-refractivity contribution in [1.82, 2.24) is 20.1 Å². The predicted molar refractivity (Wildman–Crippen MR) is 147 cm³/mol. The molecule has 10 nitrogen and oxygen atoms in total. The molecule has 2 saturated heterocycles. The molecule has 200 valence electrons. The fourth-order valence-corrected chi connectivity index (χ4v) is 4.70. The Bertz CT molecular complexity index is 1200. The van der Waals surface area contributed by atoms with Crippen LogP contribution in [0, 0.1) is 0 Å². The summed E-state index contributed by atoms with van der Waals surface area (Å²) in [5.41, 5.74) is 2.56. The Morgan fingerprint density at radius 2 is 1.76 bits per heavy atom. The molecule has 2 aromatic carbocycles. The Hall–Kier alpha value is -3.92. The van der Waals surface area contributed by atoms with Gasteiger partial charge in [-0.25, -0.2) is 0 Å². The van der Waals surface area contributed by atoms with Crippen LogP contribution < -0.4 is 20.3 Å². The lowest BCUT2D eigenvalue weighted by molar-refractivity contribution is 0.0303. The van der Waals surface area contributed by atoms with Gasteiger partial charge < -0.3 is 29.9 Å². The summed E-state index contributed by atoms with van der Waals surface area (Å²) in [4.78, 5) is 21.4. The first-order chi connectivity index (χ1) is 18.5. The first kappa shape index (κ1) is 25.7. The standard InChI is InChI=1S/C28H35N7O3/c1-20(2)38-25-11-9-22(10-12-25)30-24-4-3-13-35(19-24)28-32-26(18-29-33-28)31-23-7-5-21(6-8-23)27(36)34-14-16-37-17-15-34/h5-12,18,20,24,30H,3-4,13-17,19H2,1-2H3,(H,31,32,33)/t24-/m1/s1. The number of amides is 1. The van der Waals surface area contributed by atoms with E-state index in [1.807, 2.05) is 55.1 Å². The topological polar surface area (TPSA) is 105 Å². The van der Waals surface area contributed by atoms with Gasteiger partial charge in [-0.2, -0.15) is 10.1 Å². The third kappa shape index (κ3) is 6.69. The molecule has 0 bridgehead atoms. The van der Waals surface area contributed by atoms with Gasteiger partial charge in [-0.1, -0.05) is 0 Å². The van der Waals surface area contributed by atoms with E-state index in [0.29, 0.717) is 43.6 Å². The van der Waals surface area contributed by atoms with E-state index in [1.165, 1.54) is 0 Å². The lowest BCUT2D eigenvalue weighted by atomic mass is 10.1. The van der Waals surface area contributed by atoms with Crippen LogP contribution in [0.4, 0.5) is 23.1 Å². The van der Waals surface area contributed by atoms with Crippen molar-refractivity contribution < 1.29 is 14.3 Å². The van der Waals surface area contributed by atoms with E-state index < -0.39 is 0 Å². The number of carbonyl (C=O) groups excluding carboxylic acids is 1. The minimum Gasteiger partial charge on any atom is -0.491 e. The lowest BCUT2D eigenvalue weighted by Gasteiger charge is -2.33. The molecule has 1 amide bonds. The summed E-state index contributed by atoms with van der Waals surface area (Å²) >= 11 is 0. The number of hydrogen-bond acceptors (Lipinski definition) is 9. The highest BCUT2D eigenvalue weighted by Crippen LogP contribution is 2.23. The Morgan fingerprint density at radius 3 is 2.50 bits per heavy atom. The lowest BCUT2D eigenvalue weighted by Crippen LogP contribution is -2.43. The van der Waals surface area contributed by atoms with Gasteiger partial charge in [-0.05, 0) is 75.2 Å². The number of nitrogens with one attached hydrogen (secondary N) is 2. The fourth-order valence-electron chi connectivity index (χ4n) is 4.70. The zero-order valence-electron chi connectivity index (χ0n) is 22.0. The van der Waals surface area contributed by atoms with Crippen LogP contribution >= 0.6 is 0 Å². The molecule has 0 saturated carbocycles. The molecular weight excluding hydrogens is 482 g/mol. The number of ether oxygens (including phenoxy) is 2. The van der Waals surface area contributed by atoms with Crippen LogP contribution in [-0.4, -0.2) is 77.5 Å². The second-order valence-electron chi connectivity index (χ2n) is 9.87. The van der Waals surface area contributed by atoms with Crippen molar-refractivity contribution in [1.29, 1.82) is 0 Å². The molecule has 38 heavy (non-hydrogen) atoms. The molecule has 0 unspecified atom stereocenters. The van der Waals surface area contributed by atoms with Crippen LogP contribution in [0.15, 0.2) is 54.7 Å². The summed E-state index contributed by atoms with van der Waals surface area (Å²) in [5, 5.41) is 15.4. The van der Waals surface area contributed by atoms with Crippen LogP contribution in [0.5, 0.6) is 5.75 Å². The largest absolute Gasteiger partial charge is 0.491 e. The molecule has 3 aromatic rings. The summed E-state index contributed by atoms with van der Waals surface area (Å²) in [6, 6.07) is 15.8. The van der Waals surface area contributed by atoms with Gasteiger partial charge in [0.15, 0.2) is 5.82 Å². The maximum atomic E-state index is 12.7. The highest BCUT2D eigenvalue weighted by molar-refractivity contribution is 5.94. The predicted octanol–water partition coefficient (Wildman–Crippen LogP) is 3.96. The normalized spacial score (nSPS) is 17.8. The summed E-state index contributed by atoms with van der Waals surface area (Å²) < 4.78 is 11.1. The number of nitrogens with zero attached hydrogens (tertiary/aromatic N) is 5. The molecule has 2 aliphatic heterocycles. The minimum absolute atomic E-state index is 0.0268. The number of anilines is 4. The molecule has 10 heteroatoms. The van der Waals surface area contributed by atoms with Gasteiger partial charge in [-0.3, -0.25) is 4.79 Å². The molecule has 3 heterocycles. The molecule has 0 radical (unpaired) electrons. The van der Waals surface area contributed by atoms with E-state index in [-0.39, 0.29) is 18.1 Å². The summed E-state index contributed by atoms with van der Waals surface area (Å²) in [6.45, 7) is 8.13. The molecule has 0 aliphatic carbocycles. The Balaban J connectivity index is 1.18. The second kappa shape index (κ2) is 12.1. The molecule has 0 spiro atoms. The van der Waals surface area contributed by atoms with Gasteiger partial charge in [0.25, 0.3) is 5.91 Å². The summed E-state index contributed by atoms with van der Waals surface area (Å²) in [5.74, 6) is 2.11. The number of benzene rings is 2. The van der Waals surface area contributed by atoms with Crippen molar-refractivity contribution in [2.75, 3.05) is 54.9 Å². The number of aromatic nitrogens is 3. The van der Waals surface area contributed by atoms with Gasteiger partial charge in [0.1, 0.15) is 5.75 Å². The molecular formula is C28H35N7O3. The zero-order chi connectivity index (χ0) is 26.3. The van der Waals surface area contributed by atoms with Crippen LogP contribution in [0.3, 0.4) is 0 Å². The van der Waals surface area contributed by atoms with Crippen molar-refractivity contribution in [2.24, 2.45) is 0 Å². The van der Waals surface area contributed by atoms with Gasteiger partial charge >= 0.3 is 0 Å². The summed E-state index contributed by atoms with van der Waals surface area (Å²) in [7, 11) is 0. The van der Waals surface area contributed by atoms with E-state index in [1.54, 1.807) is 6.20 Å². The van der Waals surface area contributed by atoms with Crippen molar-refractivity contribution >= 4 is 29.0 Å². The van der Waals surface area contributed by atoms with Crippen LogP contribution in [0.25, 0.3) is 0 Å². The number of piperidine rings is 1. The van der Waals surface area contributed by atoms with Crippen molar-refractivity contribution in [3.8, 4) is 5.75 Å². The van der Waals surface area contributed by atoms with Gasteiger partial charge in [0.2, 0.25) is 5.95 Å². The quantitative estimate of drug-likeness (QED) is 0.459. The highest BCUT2D eigenvalue weighted by Gasteiger charge is 2.23. The molecule has 5 rings (SSSR count). The van der Waals surface area contributed by atoms with Gasteiger partial charge in [0.05, 0.1) is 25.5 Å². The Kier molecular flexibility index (Phi) is 8.18. The smallest absolute Gasteiger partial charge is 0.254 e. The minimum atomic E-state index is 0.0268. The van der Waals surface area contributed by atoms with E-state index in [4.69, 9.17) is 14.5 Å². The van der Waals surface area contributed by atoms with Crippen LogP contribution in [0.1, 0.15) is 37.0 Å². The first-order valence-electron chi connectivity index (χ1n) is 13.3. The van der Waals surface area contributed by atoms with Gasteiger partial charge in [-0.15, -0.1) is 5.10 Å². The number of rotatable bonds is 8. The fraction of sp³-hybridized carbons (Fsp3) is 0.429. The highest BCUT2D eigenvalue weighted by atomic mass is 16.5. The molecule has 1 atom stereocenters. The Morgan fingerprint density at radius 1 is 1.03 bits per heavy atom. The molecule has 2 fully saturated rings. The zero-order valence-corrected chi connectivity index (χ0v) is 22.0. The SMILES string of the molecule is CC(C)Oc1ccc(N[C@@H]2CCCN(c3nncc(Nc4ccc(C(=O)N5CCOCC5)cc4)n3)C2)cc1. The molecule has 2 aliphatic rings. The van der Waals surface area contributed by atoms with E-state index in [9.17, 15) is 4.79 Å². The monoisotopic (exact) mass is 517 g/mol. The van der Waals surface area contributed by atoms with Crippen molar-refractivity contribution in [3.05, 3.63) is 60.3 Å². The molecule has 2 N–H and O–H groups in total. The van der Waals surface area contributed by atoms with Crippen molar-refractivity contribution in [3.63, 3.8) is 0 Å². The summed E-state index contributed by atoms with van der Waals surface area (Å²) in [6.07, 6.45) is 3.87. The van der Waals surface area contributed by atoms with E-state index in [0.717, 1.165) is 43.1 Å². The first-order valence-corrected chi connectivity index (χ1v) is 13.3. The maximum Gasteiger partial charge on any atom is 0.254 e. The van der Waals surface area contributed by atoms with Crippen molar-refractivity contribution in [2.45, 2.75) is 38.8 Å². The average molecular weight is 518 g/mol. The number of hydrogen-bond donors (Lipinski definition) is 2. The molecule has 1 aromatic heterocycles. The van der Waals surface area contributed by atoms with Crippen LogP contribution in [0.2, 0.25) is 0 Å². The maximum absolute atomic E-state index is 12.7. The Labute approximate surface area is 223 Å². The second-order valence-corrected chi connectivity index (χ2v) is 9.87. The van der Waals surface area contributed by atoms with E-state index in [2.05, 4.69) is 37.9 Å². The number of morpholine rings is 1. The average Bonchev–Trinajstić information content (AvgIpc) is 2.95.